The van der Waals surface area contributed by atoms with Gasteiger partial charge in [-0.05, 0) is 47.2 Å². The van der Waals surface area contributed by atoms with Gasteiger partial charge in [0.25, 0.3) is 5.91 Å². The predicted molar refractivity (Wildman–Crippen MR) is 89.6 cm³/mol. The molecule has 1 unspecified atom stereocenters. The minimum absolute atomic E-state index is 0.0882. The van der Waals surface area contributed by atoms with Crippen molar-refractivity contribution >= 4 is 27.7 Å². The second-order valence-corrected chi connectivity index (χ2v) is 6.59. The van der Waals surface area contributed by atoms with Gasteiger partial charge in [0.1, 0.15) is 5.82 Å². The van der Waals surface area contributed by atoms with Gasteiger partial charge in [0, 0.05) is 30.8 Å². The fraction of sp³-hybridized carbons (Fsp3) is 0.625. The number of nitrogens with one attached hydrogen (secondary N) is 1. The van der Waals surface area contributed by atoms with Crippen LogP contribution in [0, 0.1) is 5.92 Å². The second-order valence-electron chi connectivity index (χ2n) is 5.68. The third-order valence-corrected chi connectivity index (χ3v) is 4.59. The Balaban J connectivity index is 2.11. The van der Waals surface area contributed by atoms with E-state index in [1.165, 1.54) is 19.3 Å². The molecule has 0 aliphatic carbocycles. The van der Waals surface area contributed by atoms with Crippen LogP contribution in [0.15, 0.2) is 16.7 Å². The van der Waals surface area contributed by atoms with Crippen LogP contribution in [0.25, 0.3) is 0 Å². The normalized spacial score (nSPS) is 19.2. The minimum Gasteiger partial charge on any atom is -0.372 e. The van der Waals surface area contributed by atoms with Crippen LogP contribution in [0.1, 0.15) is 49.4 Å². The number of halogens is 1. The zero-order chi connectivity index (χ0) is 15.2. The van der Waals surface area contributed by atoms with Gasteiger partial charge in [0.05, 0.1) is 5.56 Å². The van der Waals surface area contributed by atoms with E-state index in [1.807, 2.05) is 11.0 Å². The lowest BCUT2D eigenvalue weighted by Gasteiger charge is -2.22. The van der Waals surface area contributed by atoms with Crippen LogP contribution >= 0.6 is 15.9 Å². The van der Waals surface area contributed by atoms with Crippen molar-refractivity contribution in [3.63, 3.8) is 0 Å². The van der Waals surface area contributed by atoms with Crippen molar-refractivity contribution in [2.24, 2.45) is 5.92 Å². The first-order valence-corrected chi connectivity index (χ1v) is 8.57. The van der Waals surface area contributed by atoms with Gasteiger partial charge in [-0.1, -0.05) is 19.8 Å². The largest absolute Gasteiger partial charge is 0.372 e. The smallest absolute Gasteiger partial charge is 0.257 e. The summed E-state index contributed by atoms with van der Waals surface area (Å²) in [4.78, 5) is 19.0. The van der Waals surface area contributed by atoms with Crippen LogP contribution in [0.4, 0.5) is 5.82 Å². The summed E-state index contributed by atoms with van der Waals surface area (Å²) in [6, 6.07) is 1.86. The maximum Gasteiger partial charge on any atom is 0.257 e. The first-order chi connectivity index (χ1) is 10.2. The van der Waals surface area contributed by atoms with E-state index in [9.17, 15) is 4.79 Å². The number of pyridine rings is 1. The third kappa shape index (κ3) is 4.19. The first-order valence-electron chi connectivity index (χ1n) is 7.78. The highest BCUT2D eigenvalue weighted by atomic mass is 79.9. The van der Waals surface area contributed by atoms with E-state index in [2.05, 4.69) is 33.2 Å². The molecule has 1 amide bonds. The summed E-state index contributed by atoms with van der Waals surface area (Å²) in [6.07, 6.45) is 7.69. The Bertz CT molecular complexity index is 492. The Morgan fingerprint density at radius 1 is 1.48 bits per heavy atom. The molecule has 1 aliphatic rings. The van der Waals surface area contributed by atoms with Gasteiger partial charge in [-0.2, -0.15) is 0 Å². The highest BCUT2D eigenvalue weighted by Crippen LogP contribution is 2.25. The molecule has 1 N–H and O–H groups in total. The van der Waals surface area contributed by atoms with E-state index in [4.69, 9.17) is 0 Å². The number of amides is 1. The molecule has 0 spiro atoms. The zero-order valence-corrected chi connectivity index (χ0v) is 14.4. The third-order valence-electron chi connectivity index (χ3n) is 4.15. The van der Waals surface area contributed by atoms with Crippen molar-refractivity contribution < 1.29 is 4.79 Å². The summed E-state index contributed by atoms with van der Waals surface area (Å²) < 4.78 is 0.837. The predicted octanol–water partition coefficient (Wildman–Crippen LogP) is 3.93. The molecule has 5 heteroatoms. The van der Waals surface area contributed by atoms with Crippen molar-refractivity contribution in [3.8, 4) is 0 Å². The van der Waals surface area contributed by atoms with E-state index >= 15 is 0 Å². The lowest BCUT2D eigenvalue weighted by Crippen LogP contribution is -2.32. The molecule has 4 nitrogen and oxygen atoms in total. The molecule has 0 radical (unpaired) electrons. The molecule has 0 aromatic carbocycles. The van der Waals surface area contributed by atoms with Crippen molar-refractivity contribution in [1.82, 2.24) is 9.88 Å². The average molecular weight is 354 g/mol. The molecular formula is C16H24BrN3O. The molecule has 1 aromatic heterocycles. The average Bonchev–Trinajstić information content (AvgIpc) is 2.72. The number of hydrogen-bond acceptors (Lipinski definition) is 3. The monoisotopic (exact) mass is 353 g/mol. The topological polar surface area (TPSA) is 45.2 Å². The van der Waals surface area contributed by atoms with Crippen molar-refractivity contribution in [2.45, 2.75) is 39.0 Å². The Morgan fingerprint density at radius 3 is 3.00 bits per heavy atom. The summed E-state index contributed by atoms with van der Waals surface area (Å²) in [5.74, 6) is 1.51. The van der Waals surface area contributed by atoms with E-state index in [-0.39, 0.29) is 5.91 Å². The van der Waals surface area contributed by atoms with Crippen molar-refractivity contribution in [3.05, 3.63) is 22.3 Å². The standard InChI is InChI=1S/C16H24BrN3O/c1-3-5-12-6-4-8-20(9-7-12)16(21)14-10-13(17)11-19-15(14)18-2/h10-12H,3-9H2,1-2H3,(H,18,19). The van der Waals surface area contributed by atoms with Gasteiger partial charge < -0.3 is 10.2 Å². The number of likely N-dealkylation sites (tertiary alicyclic amines) is 1. The molecule has 2 rings (SSSR count). The van der Waals surface area contributed by atoms with E-state index in [0.29, 0.717) is 11.4 Å². The molecule has 1 saturated heterocycles. The SMILES string of the molecule is CCCC1CCCN(C(=O)c2cc(Br)cnc2NC)CC1. The second kappa shape index (κ2) is 7.78. The van der Waals surface area contributed by atoms with Crippen molar-refractivity contribution in [1.29, 1.82) is 0 Å². The Kier molecular flexibility index (Phi) is 6.03. The zero-order valence-electron chi connectivity index (χ0n) is 12.9. The molecule has 1 fully saturated rings. The molecule has 0 saturated carbocycles. The summed E-state index contributed by atoms with van der Waals surface area (Å²) in [6.45, 7) is 3.95. The number of carbonyl (C=O) groups is 1. The fourth-order valence-corrected chi connectivity index (χ4v) is 3.37. The lowest BCUT2D eigenvalue weighted by molar-refractivity contribution is 0.0760. The molecule has 0 bridgehead atoms. The molecule has 1 aromatic rings. The Hall–Kier alpha value is -1.10. The number of anilines is 1. The fourth-order valence-electron chi connectivity index (χ4n) is 3.04. The van der Waals surface area contributed by atoms with Gasteiger partial charge >= 0.3 is 0 Å². The number of aromatic nitrogens is 1. The number of hydrogen-bond donors (Lipinski definition) is 1. The number of nitrogens with zero attached hydrogens (tertiary/aromatic N) is 2. The van der Waals surface area contributed by atoms with Gasteiger partial charge in [-0.3, -0.25) is 4.79 Å². The van der Waals surface area contributed by atoms with Crippen LogP contribution in [0.2, 0.25) is 0 Å². The van der Waals surface area contributed by atoms with Crippen LogP contribution in [-0.4, -0.2) is 35.9 Å². The summed E-state index contributed by atoms with van der Waals surface area (Å²) in [5, 5.41) is 3.01. The van der Waals surface area contributed by atoms with Gasteiger partial charge in [0.15, 0.2) is 0 Å². The first kappa shape index (κ1) is 16.3. The van der Waals surface area contributed by atoms with Crippen molar-refractivity contribution in [2.75, 3.05) is 25.5 Å². The number of rotatable bonds is 4. The quantitative estimate of drug-likeness (QED) is 0.891. The highest BCUT2D eigenvalue weighted by Gasteiger charge is 2.23. The molecule has 2 heterocycles. The van der Waals surface area contributed by atoms with E-state index < -0.39 is 0 Å². The van der Waals surface area contributed by atoms with Crippen LogP contribution < -0.4 is 5.32 Å². The molecular weight excluding hydrogens is 330 g/mol. The summed E-state index contributed by atoms with van der Waals surface area (Å²) >= 11 is 3.40. The van der Waals surface area contributed by atoms with Crippen LogP contribution in [0.3, 0.4) is 0 Å². The summed E-state index contributed by atoms with van der Waals surface area (Å²) in [7, 11) is 1.80. The van der Waals surface area contributed by atoms with Crippen LogP contribution in [-0.2, 0) is 0 Å². The maximum absolute atomic E-state index is 12.8. The van der Waals surface area contributed by atoms with Gasteiger partial charge in [-0.25, -0.2) is 4.98 Å². The molecule has 116 valence electrons. The van der Waals surface area contributed by atoms with Gasteiger partial charge in [0.2, 0.25) is 0 Å². The highest BCUT2D eigenvalue weighted by molar-refractivity contribution is 9.10. The Labute approximate surface area is 135 Å². The summed E-state index contributed by atoms with van der Waals surface area (Å²) in [5.41, 5.74) is 0.654. The van der Waals surface area contributed by atoms with E-state index in [1.54, 1.807) is 13.2 Å². The maximum atomic E-state index is 12.8. The molecule has 21 heavy (non-hydrogen) atoms. The lowest BCUT2D eigenvalue weighted by atomic mass is 9.96. The van der Waals surface area contributed by atoms with Gasteiger partial charge in [-0.15, -0.1) is 0 Å². The molecule has 1 aliphatic heterocycles. The Morgan fingerprint density at radius 2 is 2.29 bits per heavy atom. The number of carbonyl (C=O) groups excluding carboxylic acids is 1. The minimum atomic E-state index is 0.0882. The molecule has 1 atom stereocenters. The van der Waals surface area contributed by atoms with E-state index in [0.717, 1.165) is 36.3 Å². The van der Waals surface area contributed by atoms with Crippen LogP contribution in [0.5, 0.6) is 0 Å².